The Morgan fingerprint density at radius 2 is 1.76 bits per heavy atom. The number of nitrogens with one attached hydrogen (secondary N) is 1. The first kappa shape index (κ1) is 12.3. The van der Waals surface area contributed by atoms with E-state index in [-0.39, 0.29) is 0 Å². The molecule has 0 amide bonds. The summed E-state index contributed by atoms with van der Waals surface area (Å²) in [5, 5.41) is 4.44. The van der Waals surface area contributed by atoms with Crippen molar-refractivity contribution in [3.8, 4) is 0 Å². The molecule has 0 aromatic heterocycles. The molecule has 0 spiro atoms. The fourth-order valence-electron chi connectivity index (χ4n) is 1.64. The molecule has 1 N–H and O–H groups in total. The van der Waals surface area contributed by atoms with Crippen LogP contribution in [0.25, 0.3) is 0 Å². The van der Waals surface area contributed by atoms with Crippen LogP contribution in [0.15, 0.2) is 42.5 Å². The Kier molecular flexibility index (Phi) is 3.93. The fourth-order valence-corrected chi connectivity index (χ4v) is 2.01. The monoisotopic (exact) mass is 265 g/mol. The third-order valence-corrected chi connectivity index (χ3v) is 3.50. The van der Waals surface area contributed by atoms with Crippen molar-refractivity contribution in [2.24, 2.45) is 0 Å². The molecule has 88 valence electrons. The summed E-state index contributed by atoms with van der Waals surface area (Å²) in [5.74, 6) is 0. The third kappa shape index (κ3) is 2.93. The Morgan fingerprint density at radius 3 is 2.53 bits per heavy atom. The standard InChI is InChI=1S/C14H13Cl2N/c1-10-5-2-3-6-11(10)9-17-13-8-4-7-12(15)14(13)16/h2-8,17H,9H2,1H3. The zero-order valence-electron chi connectivity index (χ0n) is 9.50. The molecule has 2 aromatic carbocycles. The van der Waals surface area contributed by atoms with Crippen molar-refractivity contribution in [1.29, 1.82) is 0 Å². The van der Waals surface area contributed by atoms with Gasteiger partial charge in [-0.1, -0.05) is 53.5 Å². The zero-order valence-corrected chi connectivity index (χ0v) is 11.0. The summed E-state index contributed by atoms with van der Waals surface area (Å²) >= 11 is 12.1. The van der Waals surface area contributed by atoms with Gasteiger partial charge in [-0.05, 0) is 30.2 Å². The highest BCUT2D eigenvalue weighted by Crippen LogP contribution is 2.29. The molecule has 0 fully saturated rings. The molecule has 0 aliphatic carbocycles. The molecule has 0 heterocycles. The normalized spacial score (nSPS) is 10.3. The Morgan fingerprint density at radius 1 is 1.00 bits per heavy atom. The summed E-state index contributed by atoms with van der Waals surface area (Å²) in [7, 11) is 0. The van der Waals surface area contributed by atoms with Crippen LogP contribution < -0.4 is 5.32 Å². The molecule has 0 aliphatic heterocycles. The largest absolute Gasteiger partial charge is 0.380 e. The van der Waals surface area contributed by atoms with Crippen molar-refractivity contribution in [3.63, 3.8) is 0 Å². The van der Waals surface area contributed by atoms with Gasteiger partial charge in [0, 0.05) is 6.54 Å². The van der Waals surface area contributed by atoms with Gasteiger partial charge in [0.25, 0.3) is 0 Å². The van der Waals surface area contributed by atoms with Gasteiger partial charge in [0.15, 0.2) is 0 Å². The van der Waals surface area contributed by atoms with Crippen LogP contribution in [0, 0.1) is 6.92 Å². The van der Waals surface area contributed by atoms with Crippen LogP contribution in [0.4, 0.5) is 5.69 Å². The first-order chi connectivity index (χ1) is 8.18. The summed E-state index contributed by atoms with van der Waals surface area (Å²) in [6.07, 6.45) is 0. The van der Waals surface area contributed by atoms with Gasteiger partial charge in [0.05, 0.1) is 15.7 Å². The van der Waals surface area contributed by atoms with Crippen molar-refractivity contribution in [1.82, 2.24) is 0 Å². The van der Waals surface area contributed by atoms with Gasteiger partial charge in [-0.25, -0.2) is 0 Å². The van der Waals surface area contributed by atoms with E-state index in [9.17, 15) is 0 Å². The lowest BCUT2D eigenvalue weighted by atomic mass is 10.1. The second kappa shape index (κ2) is 5.44. The lowest BCUT2D eigenvalue weighted by Crippen LogP contribution is -2.01. The van der Waals surface area contributed by atoms with Gasteiger partial charge in [-0.2, -0.15) is 0 Å². The summed E-state index contributed by atoms with van der Waals surface area (Å²) in [5.41, 5.74) is 3.38. The van der Waals surface area contributed by atoms with Crippen LogP contribution in [-0.2, 0) is 6.54 Å². The molecule has 0 aliphatic rings. The van der Waals surface area contributed by atoms with Crippen LogP contribution in [0.3, 0.4) is 0 Å². The molecule has 2 aromatic rings. The van der Waals surface area contributed by atoms with E-state index in [4.69, 9.17) is 23.2 Å². The number of anilines is 1. The second-order valence-corrected chi connectivity index (χ2v) is 4.67. The minimum atomic E-state index is 0.571. The predicted octanol–water partition coefficient (Wildman–Crippen LogP) is 4.91. The van der Waals surface area contributed by atoms with E-state index < -0.39 is 0 Å². The zero-order chi connectivity index (χ0) is 12.3. The highest BCUT2D eigenvalue weighted by Gasteiger charge is 2.04. The number of hydrogen-bond acceptors (Lipinski definition) is 1. The maximum absolute atomic E-state index is 6.10. The quantitative estimate of drug-likeness (QED) is 0.831. The fraction of sp³-hybridized carbons (Fsp3) is 0.143. The second-order valence-electron chi connectivity index (χ2n) is 3.88. The van der Waals surface area contributed by atoms with E-state index in [0.29, 0.717) is 10.0 Å². The average molecular weight is 266 g/mol. The maximum atomic E-state index is 6.10. The van der Waals surface area contributed by atoms with Crippen LogP contribution in [0.5, 0.6) is 0 Å². The van der Waals surface area contributed by atoms with Gasteiger partial charge < -0.3 is 5.32 Å². The van der Waals surface area contributed by atoms with Gasteiger partial charge in [0.2, 0.25) is 0 Å². The van der Waals surface area contributed by atoms with Gasteiger partial charge in [-0.15, -0.1) is 0 Å². The lowest BCUT2D eigenvalue weighted by molar-refractivity contribution is 1.12. The number of benzene rings is 2. The van der Waals surface area contributed by atoms with Crippen molar-refractivity contribution in [2.45, 2.75) is 13.5 Å². The Balaban J connectivity index is 2.13. The molecule has 0 radical (unpaired) electrons. The van der Waals surface area contributed by atoms with Crippen LogP contribution in [0.1, 0.15) is 11.1 Å². The van der Waals surface area contributed by atoms with E-state index >= 15 is 0 Å². The smallest absolute Gasteiger partial charge is 0.0823 e. The molecular weight excluding hydrogens is 253 g/mol. The highest BCUT2D eigenvalue weighted by atomic mass is 35.5. The van der Waals surface area contributed by atoms with E-state index in [1.165, 1.54) is 11.1 Å². The molecule has 0 unspecified atom stereocenters. The maximum Gasteiger partial charge on any atom is 0.0823 e. The Labute approximate surface area is 111 Å². The van der Waals surface area contributed by atoms with E-state index in [2.05, 4.69) is 24.4 Å². The lowest BCUT2D eigenvalue weighted by Gasteiger charge is -2.10. The number of halogens is 2. The topological polar surface area (TPSA) is 12.0 Å². The van der Waals surface area contributed by atoms with Crippen molar-refractivity contribution >= 4 is 28.9 Å². The first-order valence-corrected chi connectivity index (χ1v) is 6.16. The van der Waals surface area contributed by atoms with Crippen molar-refractivity contribution < 1.29 is 0 Å². The van der Waals surface area contributed by atoms with Crippen molar-refractivity contribution in [2.75, 3.05) is 5.32 Å². The molecule has 0 atom stereocenters. The van der Waals surface area contributed by atoms with Gasteiger partial charge >= 0.3 is 0 Å². The van der Waals surface area contributed by atoms with Gasteiger partial charge in [0.1, 0.15) is 0 Å². The van der Waals surface area contributed by atoms with Gasteiger partial charge in [-0.3, -0.25) is 0 Å². The molecule has 0 bridgehead atoms. The van der Waals surface area contributed by atoms with Crippen molar-refractivity contribution in [3.05, 3.63) is 63.6 Å². The molecule has 3 heteroatoms. The summed E-state index contributed by atoms with van der Waals surface area (Å²) in [6, 6.07) is 13.8. The first-order valence-electron chi connectivity index (χ1n) is 5.41. The third-order valence-electron chi connectivity index (χ3n) is 2.68. The van der Waals surface area contributed by atoms with Crippen LogP contribution in [-0.4, -0.2) is 0 Å². The van der Waals surface area contributed by atoms with E-state index in [0.717, 1.165) is 12.2 Å². The minimum absolute atomic E-state index is 0.571. The number of hydrogen-bond donors (Lipinski definition) is 1. The molecule has 1 nitrogen and oxygen atoms in total. The number of rotatable bonds is 3. The Hall–Kier alpha value is -1.18. The van der Waals surface area contributed by atoms with E-state index in [1.807, 2.05) is 24.3 Å². The molecule has 2 rings (SSSR count). The molecule has 0 saturated heterocycles. The SMILES string of the molecule is Cc1ccccc1CNc1cccc(Cl)c1Cl. The summed E-state index contributed by atoms with van der Waals surface area (Å²) in [6.45, 7) is 2.84. The molecule has 17 heavy (non-hydrogen) atoms. The molecule has 0 saturated carbocycles. The highest BCUT2D eigenvalue weighted by molar-refractivity contribution is 6.43. The minimum Gasteiger partial charge on any atom is -0.380 e. The van der Waals surface area contributed by atoms with Crippen LogP contribution >= 0.6 is 23.2 Å². The predicted molar refractivity (Wildman–Crippen MR) is 75.0 cm³/mol. The molecular formula is C14H13Cl2N. The Bertz CT molecular complexity index is 523. The van der Waals surface area contributed by atoms with Crippen LogP contribution in [0.2, 0.25) is 10.0 Å². The van der Waals surface area contributed by atoms with E-state index in [1.54, 1.807) is 6.07 Å². The average Bonchev–Trinajstić information content (AvgIpc) is 2.33. The summed E-state index contributed by atoms with van der Waals surface area (Å²) in [4.78, 5) is 0. The summed E-state index contributed by atoms with van der Waals surface area (Å²) < 4.78 is 0. The number of aryl methyl sites for hydroxylation is 1.